The first kappa shape index (κ1) is 19.3. The number of hydrogen-bond acceptors (Lipinski definition) is 5. The summed E-state index contributed by atoms with van der Waals surface area (Å²) in [4.78, 5) is 9.28. The Morgan fingerprint density at radius 3 is 2.59 bits per heavy atom. The Labute approximate surface area is 167 Å². The number of halogens is 1. The normalized spacial score (nSPS) is 11.3. The molecule has 0 bridgehead atoms. The minimum atomic E-state index is -0.475. The lowest BCUT2D eigenvalue weighted by Crippen LogP contribution is -2.11. The Kier molecular flexibility index (Phi) is 6.29. The highest BCUT2D eigenvalue weighted by Gasteiger charge is 2.08. The third-order valence-corrected chi connectivity index (χ3v) is 4.42. The van der Waals surface area contributed by atoms with E-state index < -0.39 is 6.67 Å². The van der Waals surface area contributed by atoms with E-state index in [0.29, 0.717) is 32.2 Å². The Morgan fingerprint density at radius 1 is 0.862 bits per heavy atom. The summed E-state index contributed by atoms with van der Waals surface area (Å²) >= 11 is 0. The minimum Gasteiger partial charge on any atom is -0.490 e. The Balaban J connectivity index is 1.38. The van der Waals surface area contributed by atoms with Crippen LogP contribution in [0.4, 0.5) is 4.39 Å². The van der Waals surface area contributed by atoms with Gasteiger partial charge < -0.3 is 14.2 Å². The standard InChI is InChI=1S/C22H22FN3O3/c23-8-10-27-11-12-28-13-14-29-19-15-18-7-9-26(22(18)24-16-19)21-6-5-17-3-1-2-4-20(17)25-21/h1-7,9,15-16H,8,10-14H2. The fraction of sp³-hybridized carbons (Fsp3) is 0.273. The summed E-state index contributed by atoms with van der Waals surface area (Å²) in [7, 11) is 0. The number of ether oxygens (including phenoxy) is 3. The predicted octanol–water partition coefficient (Wildman–Crippen LogP) is 3.96. The molecule has 0 aliphatic carbocycles. The van der Waals surface area contributed by atoms with E-state index in [1.54, 1.807) is 6.20 Å². The maximum absolute atomic E-state index is 11.9. The van der Waals surface area contributed by atoms with Crippen molar-refractivity contribution in [1.29, 1.82) is 0 Å². The van der Waals surface area contributed by atoms with Gasteiger partial charge >= 0.3 is 0 Å². The molecule has 1 aromatic carbocycles. The fourth-order valence-corrected chi connectivity index (χ4v) is 3.05. The van der Waals surface area contributed by atoms with Crippen molar-refractivity contribution in [3.8, 4) is 11.6 Å². The van der Waals surface area contributed by atoms with Crippen LogP contribution in [0.3, 0.4) is 0 Å². The second-order valence-electron chi connectivity index (χ2n) is 6.39. The summed E-state index contributed by atoms with van der Waals surface area (Å²) in [6.45, 7) is 1.27. The van der Waals surface area contributed by atoms with Gasteiger partial charge in [-0.25, -0.2) is 14.4 Å². The molecule has 0 radical (unpaired) electrons. The number of pyridine rings is 2. The van der Waals surface area contributed by atoms with E-state index in [9.17, 15) is 4.39 Å². The molecule has 7 heteroatoms. The van der Waals surface area contributed by atoms with Gasteiger partial charge in [0.25, 0.3) is 0 Å². The third kappa shape index (κ3) is 4.70. The molecule has 0 unspecified atom stereocenters. The monoisotopic (exact) mass is 395 g/mol. The van der Waals surface area contributed by atoms with Gasteiger partial charge in [-0.1, -0.05) is 18.2 Å². The van der Waals surface area contributed by atoms with Crippen LogP contribution in [0, 0.1) is 0 Å². The number of aromatic nitrogens is 3. The summed E-state index contributed by atoms with van der Waals surface area (Å²) < 4.78 is 29.9. The summed E-state index contributed by atoms with van der Waals surface area (Å²) in [6.07, 6.45) is 3.66. The molecular formula is C22H22FN3O3. The van der Waals surface area contributed by atoms with E-state index in [2.05, 4.69) is 11.1 Å². The molecule has 3 heterocycles. The second-order valence-corrected chi connectivity index (χ2v) is 6.39. The maximum Gasteiger partial charge on any atom is 0.145 e. The van der Waals surface area contributed by atoms with E-state index >= 15 is 0 Å². The number of alkyl halides is 1. The molecule has 150 valence electrons. The van der Waals surface area contributed by atoms with Crippen molar-refractivity contribution < 1.29 is 18.6 Å². The van der Waals surface area contributed by atoms with Crippen LogP contribution in [0.2, 0.25) is 0 Å². The second kappa shape index (κ2) is 9.45. The number of nitrogens with zero attached hydrogens (tertiary/aromatic N) is 3. The number of benzene rings is 1. The summed E-state index contributed by atoms with van der Waals surface area (Å²) in [5, 5.41) is 2.07. The van der Waals surface area contributed by atoms with Gasteiger partial charge in [-0.3, -0.25) is 4.57 Å². The van der Waals surface area contributed by atoms with Crippen LogP contribution < -0.4 is 4.74 Å². The summed E-state index contributed by atoms with van der Waals surface area (Å²) in [5.74, 6) is 1.50. The van der Waals surface area contributed by atoms with Gasteiger partial charge in [-0.2, -0.15) is 0 Å². The molecule has 0 aliphatic heterocycles. The molecule has 0 saturated carbocycles. The van der Waals surface area contributed by atoms with Gasteiger partial charge in [0.15, 0.2) is 0 Å². The SMILES string of the molecule is FCCOCCOCCOc1cnc2c(ccn2-c2ccc3ccccc3n2)c1. The van der Waals surface area contributed by atoms with Crippen molar-refractivity contribution in [3.63, 3.8) is 0 Å². The molecule has 0 amide bonds. The van der Waals surface area contributed by atoms with Gasteiger partial charge in [0.1, 0.15) is 30.5 Å². The first-order chi connectivity index (χ1) is 14.3. The van der Waals surface area contributed by atoms with Gasteiger partial charge in [0, 0.05) is 17.0 Å². The van der Waals surface area contributed by atoms with Crippen LogP contribution >= 0.6 is 0 Å². The van der Waals surface area contributed by atoms with Crippen LogP contribution in [0.25, 0.3) is 27.8 Å². The number of rotatable bonds is 10. The first-order valence-corrected chi connectivity index (χ1v) is 9.53. The number of fused-ring (bicyclic) bond motifs is 2. The molecule has 4 aromatic rings. The Bertz CT molecular complexity index is 1080. The largest absolute Gasteiger partial charge is 0.490 e. The van der Waals surface area contributed by atoms with Crippen molar-refractivity contribution in [2.24, 2.45) is 0 Å². The Hall–Kier alpha value is -3.03. The zero-order valence-corrected chi connectivity index (χ0v) is 16.0. The van der Waals surface area contributed by atoms with E-state index in [4.69, 9.17) is 19.2 Å². The van der Waals surface area contributed by atoms with Crippen molar-refractivity contribution in [2.75, 3.05) is 39.7 Å². The molecule has 29 heavy (non-hydrogen) atoms. The quantitative estimate of drug-likeness (QED) is 0.381. The van der Waals surface area contributed by atoms with Gasteiger partial charge in [0.2, 0.25) is 0 Å². The summed E-state index contributed by atoms with van der Waals surface area (Å²) in [6, 6.07) is 16.0. The highest BCUT2D eigenvalue weighted by molar-refractivity contribution is 5.82. The zero-order chi connectivity index (χ0) is 19.9. The van der Waals surface area contributed by atoms with E-state index in [1.165, 1.54) is 0 Å². The molecule has 3 aromatic heterocycles. The molecule has 0 atom stereocenters. The highest BCUT2D eigenvalue weighted by Crippen LogP contribution is 2.23. The molecule has 0 saturated heterocycles. The minimum absolute atomic E-state index is 0.111. The smallest absolute Gasteiger partial charge is 0.145 e. The van der Waals surface area contributed by atoms with Crippen molar-refractivity contribution in [3.05, 3.63) is 60.9 Å². The molecule has 6 nitrogen and oxygen atoms in total. The van der Waals surface area contributed by atoms with Crippen LogP contribution in [-0.2, 0) is 9.47 Å². The van der Waals surface area contributed by atoms with Crippen molar-refractivity contribution in [1.82, 2.24) is 14.5 Å². The van der Waals surface area contributed by atoms with Gasteiger partial charge in [-0.15, -0.1) is 0 Å². The van der Waals surface area contributed by atoms with Crippen LogP contribution in [0.1, 0.15) is 0 Å². The lowest BCUT2D eigenvalue weighted by Gasteiger charge is -2.08. The van der Waals surface area contributed by atoms with Gasteiger partial charge in [-0.05, 0) is 30.3 Å². The van der Waals surface area contributed by atoms with Crippen LogP contribution in [0.5, 0.6) is 5.75 Å². The van der Waals surface area contributed by atoms with Crippen LogP contribution in [-0.4, -0.2) is 54.2 Å². The molecular weight excluding hydrogens is 373 g/mol. The first-order valence-electron chi connectivity index (χ1n) is 9.53. The fourth-order valence-electron chi connectivity index (χ4n) is 3.05. The topological polar surface area (TPSA) is 58.4 Å². The zero-order valence-electron chi connectivity index (χ0n) is 16.0. The lowest BCUT2D eigenvalue weighted by atomic mass is 10.2. The van der Waals surface area contributed by atoms with Crippen molar-refractivity contribution in [2.45, 2.75) is 0 Å². The van der Waals surface area contributed by atoms with Gasteiger partial charge in [0.05, 0.1) is 38.1 Å². The summed E-state index contributed by atoms with van der Waals surface area (Å²) in [5.41, 5.74) is 1.77. The third-order valence-electron chi connectivity index (χ3n) is 4.42. The molecule has 0 spiro atoms. The Morgan fingerprint density at radius 2 is 1.69 bits per heavy atom. The van der Waals surface area contributed by atoms with E-state index in [1.807, 2.05) is 53.2 Å². The van der Waals surface area contributed by atoms with E-state index in [0.717, 1.165) is 27.8 Å². The molecule has 4 rings (SSSR count). The average Bonchev–Trinajstić information content (AvgIpc) is 3.18. The predicted molar refractivity (Wildman–Crippen MR) is 109 cm³/mol. The van der Waals surface area contributed by atoms with Crippen molar-refractivity contribution >= 4 is 21.9 Å². The highest BCUT2D eigenvalue weighted by atomic mass is 19.1. The average molecular weight is 395 g/mol. The number of para-hydroxylation sites is 1. The molecule has 0 fully saturated rings. The lowest BCUT2D eigenvalue weighted by molar-refractivity contribution is 0.0325. The molecule has 0 aliphatic rings. The van der Waals surface area contributed by atoms with Crippen LogP contribution in [0.15, 0.2) is 60.9 Å². The molecule has 0 N–H and O–H groups in total. The number of hydrogen-bond donors (Lipinski definition) is 0. The maximum atomic E-state index is 11.9. The van der Waals surface area contributed by atoms with E-state index in [-0.39, 0.29) is 6.61 Å².